The highest BCUT2D eigenvalue weighted by molar-refractivity contribution is 6.31. The molecule has 1 N–H and O–H groups in total. The van der Waals surface area contributed by atoms with Crippen molar-refractivity contribution in [3.63, 3.8) is 0 Å². The fourth-order valence-electron chi connectivity index (χ4n) is 2.19. The van der Waals surface area contributed by atoms with E-state index in [1.165, 1.54) is 29.4 Å². The maximum Gasteiger partial charge on any atom is 0.251 e. The number of hydrogen-bond acceptors (Lipinski definition) is 5. The fraction of sp³-hybridized carbons (Fsp3) is 0.0588. The van der Waals surface area contributed by atoms with Crippen molar-refractivity contribution >= 4 is 45.7 Å². The largest absolute Gasteiger partial charge is 0.340 e. The van der Waals surface area contributed by atoms with E-state index in [9.17, 15) is 9.18 Å². The maximum atomic E-state index is 13.3. The summed E-state index contributed by atoms with van der Waals surface area (Å²) in [7, 11) is 1.59. The summed E-state index contributed by atoms with van der Waals surface area (Å²) >= 11 is 5.80. The van der Waals surface area contributed by atoms with Crippen LogP contribution in [0.3, 0.4) is 0 Å². The predicted molar refractivity (Wildman–Crippen MR) is 95.6 cm³/mol. The van der Waals surface area contributed by atoms with E-state index >= 15 is 0 Å². The van der Waals surface area contributed by atoms with Gasteiger partial charge in [-0.05, 0) is 30.3 Å². The summed E-state index contributed by atoms with van der Waals surface area (Å²) in [6.07, 6.45) is 4.13. The van der Waals surface area contributed by atoms with Crippen LogP contribution in [0.25, 0.3) is 10.9 Å². The molecule has 0 atom stereocenters. The van der Waals surface area contributed by atoms with Gasteiger partial charge in [0.1, 0.15) is 23.8 Å². The normalized spacial score (nSPS) is 10.5. The van der Waals surface area contributed by atoms with Crippen LogP contribution in [0.4, 0.5) is 21.7 Å². The van der Waals surface area contributed by atoms with Crippen LogP contribution in [0.15, 0.2) is 49.4 Å². The summed E-state index contributed by atoms with van der Waals surface area (Å²) in [6.45, 7) is 3.46. The number of pyridine rings is 1. The summed E-state index contributed by atoms with van der Waals surface area (Å²) < 4.78 is 13.3. The molecule has 0 radical (unpaired) electrons. The lowest BCUT2D eigenvalue weighted by Gasteiger charge is -2.15. The Balaban J connectivity index is 2.03. The molecule has 2 aromatic heterocycles. The number of halogens is 2. The molecule has 0 bridgehead atoms. The molecule has 6 nitrogen and oxygen atoms in total. The molecule has 2 heterocycles. The van der Waals surface area contributed by atoms with Gasteiger partial charge in [-0.15, -0.1) is 0 Å². The zero-order chi connectivity index (χ0) is 18.0. The van der Waals surface area contributed by atoms with Gasteiger partial charge in [0, 0.05) is 18.1 Å². The Morgan fingerprint density at radius 2 is 2.12 bits per heavy atom. The number of amides is 1. The van der Waals surface area contributed by atoms with Gasteiger partial charge >= 0.3 is 0 Å². The summed E-state index contributed by atoms with van der Waals surface area (Å²) in [6, 6.07) is 5.95. The van der Waals surface area contributed by atoms with Crippen LogP contribution in [0.2, 0.25) is 5.02 Å². The highest BCUT2D eigenvalue weighted by atomic mass is 35.5. The average Bonchev–Trinajstić information content (AvgIpc) is 2.63. The van der Waals surface area contributed by atoms with Gasteiger partial charge in [-0.25, -0.2) is 19.3 Å². The number of nitrogens with one attached hydrogen (secondary N) is 1. The van der Waals surface area contributed by atoms with Crippen LogP contribution >= 0.6 is 11.6 Å². The Hall–Kier alpha value is -3.06. The van der Waals surface area contributed by atoms with E-state index in [1.54, 1.807) is 25.4 Å². The second kappa shape index (κ2) is 6.82. The van der Waals surface area contributed by atoms with Crippen molar-refractivity contribution in [2.24, 2.45) is 0 Å². The Morgan fingerprint density at radius 1 is 1.32 bits per heavy atom. The minimum absolute atomic E-state index is 0.00188. The van der Waals surface area contributed by atoms with Gasteiger partial charge in [0.25, 0.3) is 5.91 Å². The molecule has 3 aromatic rings. The lowest BCUT2D eigenvalue weighted by atomic mass is 10.2. The van der Waals surface area contributed by atoms with Gasteiger partial charge < -0.3 is 5.32 Å². The van der Waals surface area contributed by atoms with Gasteiger partial charge in [0.2, 0.25) is 0 Å². The number of nitrogens with zero attached hydrogens (tertiary/aromatic N) is 4. The molecule has 0 saturated carbocycles. The zero-order valence-corrected chi connectivity index (χ0v) is 14.0. The number of hydrogen-bond donors (Lipinski definition) is 1. The number of anilines is 3. The molecule has 0 aliphatic heterocycles. The van der Waals surface area contributed by atoms with Crippen molar-refractivity contribution < 1.29 is 9.18 Å². The minimum Gasteiger partial charge on any atom is -0.340 e. The molecule has 0 unspecified atom stereocenters. The van der Waals surface area contributed by atoms with Gasteiger partial charge in [0.15, 0.2) is 0 Å². The van der Waals surface area contributed by atoms with Crippen molar-refractivity contribution in [3.8, 4) is 0 Å². The van der Waals surface area contributed by atoms with Crippen LogP contribution in [0.5, 0.6) is 0 Å². The number of aromatic nitrogens is 3. The molecular formula is C17H13ClFN5O. The van der Waals surface area contributed by atoms with E-state index in [2.05, 4.69) is 26.8 Å². The second-order valence-electron chi connectivity index (χ2n) is 5.14. The Labute approximate surface area is 148 Å². The van der Waals surface area contributed by atoms with E-state index in [-0.39, 0.29) is 10.9 Å². The van der Waals surface area contributed by atoms with Crippen molar-refractivity contribution in [1.82, 2.24) is 15.0 Å². The van der Waals surface area contributed by atoms with E-state index in [4.69, 9.17) is 11.6 Å². The lowest BCUT2D eigenvalue weighted by Crippen LogP contribution is -2.24. The van der Waals surface area contributed by atoms with E-state index in [1.807, 2.05) is 0 Å². The zero-order valence-electron chi connectivity index (χ0n) is 13.2. The molecule has 0 aliphatic rings. The molecule has 3 rings (SSSR count). The van der Waals surface area contributed by atoms with Crippen LogP contribution in [-0.2, 0) is 4.79 Å². The molecule has 0 aliphatic carbocycles. The Morgan fingerprint density at radius 3 is 2.84 bits per heavy atom. The topological polar surface area (TPSA) is 71.0 Å². The first-order valence-electron chi connectivity index (χ1n) is 7.22. The van der Waals surface area contributed by atoms with E-state index < -0.39 is 5.82 Å². The number of carbonyl (C=O) groups excluding carboxylic acids is 1. The quantitative estimate of drug-likeness (QED) is 0.721. The van der Waals surface area contributed by atoms with Crippen LogP contribution in [0.1, 0.15) is 0 Å². The maximum absolute atomic E-state index is 13.3. The molecule has 0 fully saturated rings. The number of rotatable bonds is 4. The molecule has 0 saturated heterocycles. The number of carbonyl (C=O) groups is 1. The molecule has 25 heavy (non-hydrogen) atoms. The summed E-state index contributed by atoms with van der Waals surface area (Å²) in [5.74, 6) is 0.113. The number of likely N-dealkylation sites (N-methyl/N-ethyl adjacent to an activating group) is 1. The van der Waals surface area contributed by atoms with Crippen LogP contribution < -0.4 is 10.2 Å². The monoisotopic (exact) mass is 357 g/mol. The third-order valence-corrected chi connectivity index (χ3v) is 3.83. The Kier molecular flexibility index (Phi) is 4.58. The number of fused-ring (bicyclic) bond motifs is 1. The Bertz CT molecular complexity index is 978. The van der Waals surface area contributed by atoms with Crippen molar-refractivity contribution in [2.75, 3.05) is 17.3 Å². The van der Waals surface area contributed by atoms with Crippen molar-refractivity contribution in [2.45, 2.75) is 0 Å². The third kappa shape index (κ3) is 3.41. The first kappa shape index (κ1) is 16.8. The van der Waals surface area contributed by atoms with Gasteiger partial charge in [0.05, 0.1) is 16.7 Å². The average molecular weight is 358 g/mol. The summed E-state index contributed by atoms with van der Waals surface area (Å²) in [5.41, 5.74) is 1.16. The lowest BCUT2D eigenvalue weighted by molar-refractivity contribution is -0.113. The molecular weight excluding hydrogens is 345 g/mol. The van der Waals surface area contributed by atoms with E-state index in [0.717, 1.165) is 0 Å². The smallest absolute Gasteiger partial charge is 0.251 e. The summed E-state index contributed by atoms with van der Waals surface area (Å²) in [4.78, 5) is 25.7. The highest BCUT2D eigenvalue weighted by Crippen LogP contribution is 2.27. The van der Waals surface area contributed by atoms with E-state index in [0.29, 0.717) is 28.2 Å². The first-order chi connectivity index (χ1) is 12.0. The van der Waals surface area contributed by atoms with Crippen LogP contribution in [-0.4, -0.2) is 27.9 Å². The molecule has 0 spiro atoms. The second-order valence-corrected chi connectivity index (χ2v) is 5.54. The van der Waals surface area contributed by atoms with Gasteiger partial charge in [-0.1, -0.05) is 18.2 Å². The third-order valence-electron chi connectivity index (χ3n) is 3.54. The SMILES string of the molecule is C=CC(=O)N(C)c1cc2c(Nc3ccc(F)c(Cl)c3)ncnc2cn1. The summed E-state index contributed by atoms with van der Waals surface area (Å²) in [5, 5.41) is 3.72. The standard InChI is InChI=1S/C17H13ClFN5O/c1-3-16(25)24(2)15-7-11-14(8-20-15)21-9-22-17(11)23-10-4-5-13(19)12(18)6-10/h3-9H,1H2,2H3,(H,21,22,23). The van der Waals surface area contributed by atoms with Gasteiger partial charge in [-0.3, -0.25) is 9.69 Å². The molecule has 1 aromatic carbocycles. The van der Waals surface area contributed by atoms with Crippen LogP contribution in [0, 0.1) is 5.82 Å². The highest BCUT2D eigenvalue weighted by Gasteiger charge is 2.12. The van der Waals surface area contributed by atoms with Gasteiger partial charge in [-0.2, -0.15) is 0 Å². The van der Waals surface area contributed by atoms with Crippen molar-refractivity contribution in [3.05, 3.63) is 60.3 Å². The van der Waals surface area contributed by atoms with Crippen molar-refractivity contribution in [1.29, 1.82) is 0 Å². The minimum atomic E-state index is -0.504. The predicted octanol–water partition coefficient (Wildman–Crippen LogP) is 3.71. The fourth-order valence-corrected chi connectivity index (χ4v) is 2.37. The molecule has 8 heteroatoms. The molecule has 126 valence electrons. The molecule has 1 amide bonds. The first-order valence-corrected chi connectivity index (χ1v) is 7.60. The number of benzene rings is 1.